The number of carbonyl (C=O) groups excluding carboxylic acids is 2. The first-order chi connectivity index (χ1) is 16.4. The van der Waals surface area contributed by atoms with Crippen molar-refractivity contribution in [2.45, 2.75) is 6.04 Å². The van der Waals surface area contributed by atoms with Gasteiger partial charge in [0.05, 0.1) is 28.9 Å². The summed E-state index contributed by atoms with van der Waals surface area (Å²) < 4.78 is 6.81. The number of thiazole rings is 1. The number of rotatable bonds is 4. The van der Waals surface area contributed by atoms with Gasteiger partial charge in [0, 0.05) is 15.1 Å². The average Bonchev–Trinajstić information content (AvgIpc) is 3.36. The zero-order valence-corrected chi connectivity index (χ0v) is 20.8. The molecule has 9 heteroatoms. The van der Waals surface area contributed by atoms with Crippen LogP contribution in [0.2, 0.25) is 5.02 Å². The van der Waals surface area contributed by atoms with Crippen LogP contribution in [-0.2, 0) is 9.59 Å². The largest absolute Gasteiger partial charge is 0.507 e. The molecule has 0 aliphatic carbocycles. The number of fused-ring (bicyclic) bond motifs is 1. The lowest BCUT2D eigenvalue weighted by Gasteiger charge is -2.23. The second-order valence-corrected chi connectivity index (χ2v) is 9.93. The number of aliphatic hydroxyl groups is 1. The Morgan fingerprint density at radius 3 is 2.68 bits per heavy atom. The van der Waals surface area contributed by atoms with E-state index in [-0.39, 0.29) is 11.3 Å². The van der Waals surface area contributed by atoms with Crippen LogP contribution in [0.4, 0.5) is 5.13 Å². The molecule has 1 aliphatic rings. The van der Waals surface area contributed by atoms with Gasteiger partial charge in [-0.05, 0) is 48.0 Å². The molecule has 170 valence electrons. The van der Waals surface area contributed by atoms with Gasteiger partial charge in [-0.3, -0.25) is 14.5 Å². The Labute approximate surface area is 212 Å². The molecule has 4 aromatic rings. The maximum absolute atomic E-state index is 13.3. The van der Waals surface area contributed by atoms with Crippen LogP contribution in [0.25, 0.3) is 16.0 Å². The number of amides is 1. The molecule has 0 bridgehead atoms. The molecule has 1 atom stereocenters. The Balaban J connectivity index is 1.74. The van der Waals surface area contributed by atoms with Crippen molar-refractivity contribution in [2.75, 3.05) is 12.0 Å². The third-order valence-corrected chi connectivity index (χ3v) is 7.24. The molecule has 0 spiro atoms. The van der Waals surface area contributed by atoms with Crippen LogP contribution in [0, 0.1) is 0 Å². The number of benzene rings is 3. The van der Waals surface area contributed by atoms with E-state index in [0.717, 1.165) is 9.17 Å². The summed E-state index contributed by atoms with van der Waals surface area (Å²) in [6.45, 7) is 0. The molecular formula is C25H16BrClN2O4S. The van der Waals surface area contributed by atoms with Gasteiger partial charge < -0.3 is 9.84 Å². The number of halogens is 2. The molecule has 1 N–H and O–H groups in total. The van der Waals surface area contributed by atoms with E-state index in [1.165, 1.54) is 23.3 Å². The van der Waals surface area contributed by atoms with Gasteiger partial charge in [-0.25, -0.2) is 4.98 Å². The van der Waals surface area contributed by atoms with Crippen LogP contribution >= 0.6 is 38.9 Å². The van der Waals surface area contributed by atoms with Gasteiger partial charge in [0.1, 0.15) is 11.5 Å². The molecule has 34 heavy (non-hydrogen) atoms. The predicted molar refractivity (Wildman–Crippen MR) is 137 cm³/mol. The fourth-order valence-electron chi connectivity index (χ4n) is 3.94. The van der Waals surface area contributed by atoms with E-state index < -0.39 is 17.7 Å². The molecule has 5 rings (SSSR count). The third kappa shape index (κ3) is 3.87. The van der Waals surface area contributed by atoms with Crippen molar-refractivity contribution in [1.82, 2.24) is 4.98 Å². The van der Waals surface area contributed by atoms with E-state index in [0.29, 0.717) is 32.5 Å². The molecule has 1 amide bonds. The molecule has 1 aliphatic heterocycles. The minimum absolute atomic E-state index is 0.0198. The van der Waals surface area contributed by atoms with Gasteiger partial charge in [0.2, 0.25) is 0 Å². The maximum Gasteiger partial charge on any atom is 0.301 e. The number of ketones is 1. The fraction of sp³-hybridized carbons (Fsp3) is 0.0800. The summed E-state index contributed by atoms with van der Waals surface area (Å²) in [5, 5.41) is 12.1. The average molecular weight is 556 g/mol. The Bertz CT molecular complexity index is 1500. The summed E-state index contributed by atoms with van der Waals surface area (Å²) in [5.74, 6) is -1.32. The Hall–Kier alpha value is -3.20. The highest BCUT2D eigenvalue weighted by Gasteiger charge is 2.48. The van der Waals surface area contributed by atoms with Crippen LogP contribution in [0.3, 0.4) is 0 Å². The van der Waals surface area contributed by atoms with E-state index in [9.17, 15) is 14.7 Å². The molecule has 1 unspecified atom stereocenters. The zero-order chi connectivity index (χ0) is 24.0. The van der Waals surface area contributed by atoms with Crippen molar-refractivity contribution in [3.63, 3.8) is 0 Å². The van der Waals surface area contributed by atoms with Crippen molar-refractivity contribution in [3.8, 4) is 5.75 Å². The molecule has 0 saturated carbocycles. The predicted octanol–water partition coefficient (Wildman–Crippen LogP) is 6.35. The fourth-order valence-corrected chi connectivity index (χ4v) is 5.62. The number of aliphatic hydroxyl groups excluding tert-OH is 1. The van der Waals surface area contributed by atoms with E-state index in [4.69, 9.17) is 16.3 Å². The topological polar surface area (TPSA) is 79.7 Å². The van der Waals surface area contributed by atoms with Gasteiger partial charge in [0.25, 0.3) is 5.78 Å². The van der Waals surface area contributed by atoms with Crippen LogP contribution in [-0.4, -0.2) is 28.9 Å². The van der Waals surface area contributed by atoms with Crippen molar-refractivity contribution in [2.24, 2.45) is 0 Å². The minimum atomic E-state index is -0.875. The standard InChI is InChI=1S/C25H16BrClN2O4S/c1-33-17-7-3-5-14(11-17)22(30)20-21(13-4-2-6-15(26)10-13)29(24(32)23(20)31)25-28-18-9-8-16(27)12-19(18)34-25/h2-12,21,30H,1H3. The molecular weight excluding hydrogens is 540 g/mol. The first-order valence-corrected chi connectivity index (χ1v) is 12.1. The quantitative estimate of drug-likeness (QED) is 0.180. The normalized spacial score (nSPS) is 17.5. The third-order valence-electron chi connectivity index (χ3n) is 5.50. The highest BCUT2D eigenvalue weighted by Crippen LogP contribution is 2.45. The SMILES string of the molecule is COc1cccc(C(O)=C2C(=O)C(=O)N(c3nc4ccc(Cl)cc4s3)C2c2cccc(Br)c2)c1. The molecule has 1 saturated heterocycles. The summed E-state index contributed by atoms with van der Waals surface area (Å²) in [6.07, 6.45) is 0. The Morgan fingerprint density at radius 1 is 1.12 bits per heavy atom. The number of ether oxygens (including phenoxy) is 1. The van der Waals surface area contributed by atoms with Crippen LogP contribution < -0.4 is 9.64 Å². The number of hydrogen-bond acceptors (Lipinski definition) is 6. The molecule has 6 nitrogen and oxygen atoms in total. The van der Waals surface area contributed by atoms with Gasteiger partial charge in [-0.2, -0.15) is 0 Å². The molecule has 3 aromatic carbocycles. The number of aromatic nitrogens is 1. The van der Waals surface area contributed by atoms with Crippen molar-refractivity contribution in [3.05, 3.63) is 92.9 Å². The second-order valence-electron chi connectivity index (χ2n) is 7.56. The number of nitrogens with zero attached hydrogens (tertiary/aromatic N) is 2. The number of anilines is 1. The lowest BCUT2D eigenvalue weighted by atomic mass is 9.95. The summed E-state index contributed by atoms with van der Waals surface area (Å²) >= 11 is 10.8. The van der Waals surface area contributed by atoms with Crippen LogP contribution in [0.1, 0.15) is 17.2 Å². The van der Waals surface area contributed by atoms with E-state index in [2.05, 4.69) is 20.9 Å². The number of carbonyl (C=O) groups is 2. The molecule has 1 fully saturated rings. The summed E-state index contributed by atoms with van der Waals surface area (Å²) in [5.41, 5.74) is 1.66. The van der Waals surface area contributed by atoms with E-state index >= 15 is 0 Å². The molecule has 0 radical (unpaired) electrons. The monoisotopic (exact) mass is 554 g/mol. The number of methoxy groups -OCH3 is 1. The van der Waals surface area contributed by atoms with Crippen molar-refractivity contribution >= 4 is 71.7 Å². The van der Waals surface area contributed by atoms with E-state index in [1.807, 2.05) is 18.2 Å². The zero-order valence-electron chi connectivity index (χ0n) is 17.7. The van der Waals surface area contributed by atoms with Gasteiger partial charge >= 0.3 is 5.91 Å². The van der Waals surface area contributed by atoms with Gasteiger partial charge in [-0.15, -0.1) is 0 Å². The lowest BCUT2D eigenvalue weighted by Crippen LogP contribution is -2.29. The van der Waals surface area contributed by atoms with Crippen molar-refractivity contribution < 1.29 is 19.4 Å². The molecule has 2 heterocycles. The van der Waals surface area contributed by atoms with Gasteiger partial charge in [0.15, 0.2) is 5.13 Å². The van der Waals surface area contributed by atoms with Gasteiger partial charge in [-0.1, -0.05) is 63.1 Å². The van der Waals surface area contributed by atoms with Crippen molar-refractivity contribution in [1.29, 1.82) is 0 Å². The highest BCUT2D eigenvalue weighted by atomic mass is 79.9. The smallest absolute Gasteiger partial charge is 0.301 e. The Morgan fingerprint density at radius 2 is 1.91 bits per heavy atom. The second kappa shape index (κ2) is 8.87. The van der Waals surface area contributed by atoms with Crippen LogP contribution in [0.5, 0.6) is 5.75 Å². The summed E-state index contributed by atoms with van der Waals surface area (Å²) in [4.78, 5) is 32.6. The number of Topliss-reactive ketones (excluding diaryl/α,β-unsaturated/α-hetero) is 1. The molecule has 1 aromatic heterocycles. The van der Waals surface area contributed by atoms with Crippen LogP contribution in [0.15, 0.2) is 76.8 Å². The summed E-state index contributed by atoms with van der Waals surface area (Å²) in [6, 6.07) is 18.3. The minimum Gasteiger partial charge on any atom is -0.507 e. The maximum atomic E-state index is 13.3. The summed E-state index contributed by atoms with van der Waals surface area (Å²) in [7, 11) is 1.51. The Kier molecular flexibility index (Phi) is 5.89. The number of hydrogen-bond donors (Lipinski definition) is 1. The van der Waals surface area contributed by atoms with E-state index in [1.54, 1.807) is 48.5 Å². The first kappa shape index (κ1) is 22.6. The highest BCUT2D eigenvalue weighted by molar-refractivity contribution is 9.10. The first-order valence-electron chi connectivity index (χ1n) is 10.1. The lowest BCUT2D eigenvalue weighted by molar-refractivity contribution is -0.132.